The Hall–Kier alpha value is -2.94. The highest BCUT2D eigenvalue weighted by atomic mass is 35.5. The number of halogens is 2. The molecule has 4 aromatic rings. The molecule has 1 aliphatic rings. The Morgan fingerprint density at radius 3 is 2.53 bits per heavy atom. The molecule has 5 rings (SSSR count). The topological polar surface area (TPSA) is 83.0 Å². The maximum absolute atomic E-state index is 12.9. The number of hydrogen-bond acceptors (Lipinski definition) is 7. The van der Waals surface area contributed by atoms with Crippen molar-refractivity contribution in [2.45, 2.75) is 12.8 Å². The van der Waals surface area contributed by atoms with Crippen LogP contribution < -0.4 is 15.5 Å². The number of para-hydroxylation sites is 1. The molecule has 0 bridgehead atoms. The lowest BCUT2D eigenvalue weighted by Crippen LogP contribution is -2.36. The number of nitrogens with zero attached hydrogens (tertiary/aromatic N) is 4. The quantitative estimate of drug-likeness (QED) is 0.351. The summed E-state index contributed by atoms with van der Waals surface area (Å²) in [5, 5.41) is 6.93. The summed E-state index contributed by atoms with van der Waals surface area (Å²) in [6.45, 7) is 2.83. The molecular weight excluding hydrogens is 491 g/mol. The van der Waals surface area contributed by atoms with E-state index in [0.29, 0.717) is 22.4 Å². The molecule has 1 saturated heterocycles. The van der Waals surface area contributed by atoms with Gasteiger partial charge < -0.3 is 10.2 Å². The molecule has 178 valence electrons. The molecule has 1 aromatic carbocycles. The number of hydrogen-bond donors (Lipinski definition) is 2. The third-order valence-corrected chi connectivity index (χ3v) is 6.72. The van der Waals surface area contributed by atoms with Crippen LogP contribution in [0.1, 0.15) is 23.2 Å². The highest BCUT2D eigenvalue weighted by Gasteiger charge is 2.21. The monoisotopic (exact) mass is 516 g/mol. The molecule has 0 radical (unpaired) electrons. The lowest BCUT2D eigenvalue weighted by Gasteiger charge is -2.33. The first-order valence-corrected chi connectivity index (χ1v) is 11.6. The van der Waals surface area contributed by atoms with E-state index >= 15 is 0 Å². The highest BCUT2D eigenvalue weighted by molar-refractivity contribution is 7.22. The van der Waals surface area contributed by atoms with Crippen molar-refractivity contribution in [3.05, 3.63) is 72.7 Å². The Balaban J connectivity index is 0.00000162. The standard InChI is InChI=1S/C24H24N6OS.2ClH/c31-23(29-24-28-20-5-1-2-6-21(20)32-24)19-4-3-11-26-22(19)27-16-17-9-14-30(15-10-17)18-7-12-25-13-8-18;;/h1-8,11-13,17H,9-10,14-16H2,(H,26,27)(H,28,29,31);2*1H. The molecule has 1 fully saturated rings. The fourth-order valence-electron chi connectivity index (χ4n) is 4.01. The van der Waals surface area contributed by atoms with Crippen LogP contribution in [0, 0.1) is 5.92 Å². The molecule has 4 heterocycles. The van der Waals surface area contributed by atoms with E-state index in [-0.39, 0.29) is 30.7 Å². The summed E-state index contributed by atoms with van der Waals surface area (Å²) in [7, 11) is 0. The van der Waals surface area contributed by atoms with E-state index in [2.05, 4.69) is 42.6 Å². The number of nitrogens with one attached hydrogen (secondary N) is 2. The van der Waals surface area contributed by atoms with Gasteiger partial charge in [-0.2, -0.15) is 0 Å². The van der Waals surface area contributed by atoms with Crippen molar-refractivity contribution in [1.82, 2.24) is 15.0 Å². The molecule has 3 aromatic heterocycles. The van der Waals surface area contributed by atoms with Crippen LogP contribution in [0.5, 0.6) is 0 Å². The number of aromatic nitrogens is 3. The average Bonchev–Trinajstić information content (AvgIpc) is 3.26. The number of carbonyl (C=O) groups is 1. The van der Waals surface area contributed by atoms with Gasteiger partial charge in [-0.05, 0) is 55.2 Å². The van der Waals surface area contributed by atoms with Crippen molar-refractivity contribution in [1.29, 1.82) is 0 Å². The molecule has 0 spiro atoms. The van der Waals surface area contributed by atoms with Gasteiger partial charge in [0, 0.05) is 43.9 Å². The van der Waals surface area contributed by atoms with Crippen LogP contribution in [0.25, 0.3) is 10.2 Å². The molecule has 0 aliphatic carbocycles. The number of fused-ring (bicyclic) bond motifs is 1. The second-order valence-electron chi connectivity index (χ2n) is 7.86. The zero-order valence-corrected chi connectivity index (χ0v) is 20.8. The summed E-state index contributed by atoms with van der Waals surface area (Å²) < 4.78 is 1.05. The van der Waals surface area contributed by atoms with Gasteiger partial charge >= 0.3 is 0 Å². The SMILES string of the molecule is Cl.Cl.O=C(Nc1nc2ccccc2s1)c1cccnc1NCC1CCN(c2ccncc2)CC1. The molecule has 1 amide bonds. The first-order chi connectivity index (χ1) is 15.8. The minimum Gasteiger partial charge on any atom is -0.371 e. The van der Waals surface area contributed by atoms with E-state index in [1.807, 2.05) is 36.7 Å². The third-order valence-electron chi connectivity index (χ3n) is 5.77. The van der Waals surface area contributed by atoms with Crippen LogP contribution in [0.4, 0.5) is 16.6 Å². The van der Waals surface area contributed by atoms with E-state index in [0.717, 1.165) is 42.7 Å². The Kier molecular flexibility index (Phi) is 9.04. The van der Waals surface area contributed by atoms with E-state index in [9.17, 15) is 4.79 Å². The molecule has 0 unspecified atom stereocenters. The Bertz CT molecular complexity index is 1180. The van der Waals surface area contributed by atoms with Crippen LogP contribution in [0.15, 0.2) is 67.1 Å². The van der Waals surface area contributed by atoms with Gasteiger partial charge in [-0.25, -0.2) is 9.97 Å². The fourth-order valence-corrected chi connectivity index (χ4v) is 4.87. The number of amides is 1. The van der Waals surface area contributed by atoms with Crippen LogP contribution in [-0.4, -0.2) is 40.5 Å². The van der Waals surface area contributed by atoms with E-state index < -0.39 is 0 Å². The summed E-state index contributed by atoms with van der Waals surface area (Å²) in [5.74, 6) is 0.949. The lowest BCUT2D eigenvalue weighted by molar-refractivity contribution is 0.102. The molecule has 2 N–H and O–H groups in total. The van der Waals surface area contributed by atoms with Crippen molar-refractivity contribution in [2.75, 3.05) is 35.2 Å². The number of thiazole rings is 1. The van der Waals surface area contributed by atoms with Crippen LogP contribution >= 0.6 is 36.2 Å². The van der Waals surface area contributed by atoms with Gasteiger partial charge in [0.05, 0.1) is 15.8 Å². The number of benzene rings is 1. The second-order valence-corrected chi connectivity index (χ2v) is 8.89. The van der Waals surface area contributed by atoms with Gasteiger partial charge in [0.25, 0.3) is 5.91 Å². The lowest BCUT2D eigenvalue weighted by atomic mass is 9.96. The van der Waals surface area contributed by atoms with Crippen LogP contribution in [0.2, 0.25) is 0 Å². The Labute approximate surface area is 214 Å². The van der Waals surface area contributed by atoms with Crippen LogP contribution in [-0.2, 0) is 0 Å². The average molecular weight is 517 g/mol. The van der Waals surface area contributed by atoms with Crippen molar-refractivity contribution in [3.63, 3.8) is 0 Å². The fraction of sp³-hybridized carbons (Fsp3) is 0.250. The van der Waals surface area contributed by atoms with E-state index in [1.165, 1.54) is 17.0 Å². The van der Waals surface area contributed by atoms with Crippen molar-refractivity contribution in [3.8, 4) is 0 Å². The maximum Gasteiger partial charge on any atom is 0.261 e. The summed E-state index contributed by atoms with van der Waals surface area (Å²) in [6, 6.07) is 15.6. The van der Waals surface area contributed by atoms with Crippen molar-refractivity contribution < 1.29 is 4.79 Å². The minimum absolute atomic E-state index is 0. The summed E-state index contributed by atoms with van der Waals surface area (Å²) >= 11 is 1.47. The summed E-state index contributed by atoms with van der Waals surface area (Å²) in [4.78, 5) is 28.3. The summed E-state index contributed by atoms with van der Waals surface area (Å²) in [5.41, 5.74) is 2.64. The second kappa shape index (κ2) is 12.0. The number of carbonyl (C=O) groups excluding carboxylic acids is 1. The summed E-state index contributed by atoms with van der Waals surface area (Å²) in [6.07, 6.45) is 7.57. The Morgan fingerprint density at radius 2 is 1.76 bits per heavy atom. The first-order valence-electron chi connectivity index (χ1n) is 10.8. The number of rotatable bonds is 6. The number of anilines is 3. The van der Waals surface area contributed by atoms with Crippen LogP contribution in [0.3, 0.4) is 0 Å². The van der Waals surface area contributed by atoms with Gasteiger partial charge in [0.15, 0.2) is 5.13 Å². The molecule has 34 heavy (non-hydrogen) atoms. The molecule has 0 atom stereocenters. The molecule has 1 aliphatic heterocycles. The molecule has 0 saturated carbocycles. The van der Waals surface area contributed by atoms with Gasteiger partial charge in [-0.3, -0.25) is 15.1 Å². The van der Waals surface area contributed by atoms with E-state index in [4.69, 9.17) is 0 Å². The van der Waals surface area contributed by atoms with Gasteiger partial charge in [0.1, 0.15) is 5.82 Å². The molecule has 10 heteroatoms. The smallest absolute Gasteiger partial charge is 0.261 e. The van der Waals surface area contributed by atoms with Crippen molar-refractivity contribution in [2.24, 2.45) is 5.92 Å². The van der Waals surface area contributed by atoms with Gasteiger partial charge in [0.2, 0.25) is 0 Å². The minimum atomic E-state index is -0.202. The largest absolute Gasteiger partial charge is 0.371 e. The molecular formula is C24H26Cl2N6OS. The number of pyridine rings is 2. The molecule has 7 nitrogen and oxygen atoms in total. The maximum atomic E-state index is 12.9. The zero-order chi connectivity index (χ0) is 21.8. The van der Waals surface area contributed by atoms with Gasteiger partial charge in [-0.1, -0.05) is 23.5 Å². The predicted molar refractivity (Wildman–Crippen MR) is 144 cm³/mol. The Morgan fingerprint density at radius 1 is 1.00 bits per heavy atom. The van der Waals surface area contributed by atoms with Gasteiger partial charge in [-0.15, -0.1) is 24.8 Å². The van der Waals surface area contributed by atoms with Crippen molar-refractivity contribution >= 4 is 68.9 Å². The highest BCUT2D eigenvalue weighted by Crippen LogP contribution is 2.27. The first kappa shape index (κ1) is 25.7. The third kappa shape index (κ3) is 5.94. The zero-order valence-electron chi connectivity index (χ0n) is 18.4. The predicted octanol–water partition coefficient (Wildman–Crippen LogP) is 5.51. The normalized spacial score (nSPS) is 13.6. The number of piperidine rings is 1. The van der Waals surface area contributed by atoms with E-state index in [1.54, 1.807) is 18.3 Å².